The van der Waals surface area contributed by atoms with Gasteiger partial charge in [0.25, 0.3) is 0 Å². The Balaban J connectivity index is 2.44. The highest BCUT2D eigenvalue weighted by atomic mass is 19.4. The molecule has 5 nitrogen and oxygen atoms in total. The third-order valence-corrected chi connectivity index (χ3v) is 3.03. The topological polar surface area (TPSA) is 59.0 Å². The maximum absolute atomic E-state index is 12.0. The molecule has 3 atom stereocenters. The van der Waals surface area contributed by atoms with E-state index in [9.17, 15) is 18.0 Å². The van der Waals surface area contributed by atoms with Crippen LogP contribution in [0.4, 0.5) is 13.2 Å². The van der Waals surface area contributed by atoms with Gasteiger partial charge in [-0.15, -0.1) is 0 Å². The van der Waals surface area contributed by atoms with Gasteiger partial charge in [0.05, 0.1) is 12.1 Å². The van der Waals surface area contributed by atoms with Crippen molar-refractivity contribution in [1.29, 1.82) is 0 Å². The monoisotopic (exact) mass is 292 g/mol. The molecule has 1 aromatic heterocycles. The van der Waals surface area contributed by atoms with Crippen LogP contribution < -0.4 is 10.6 Å². The lowest BCUT2D eigenvalue weighted by atomic mass is 10.1. The molecule has 3 unspecified atom stereocenters. The van der Waals surface area contributed by atoms with E-state index in [1.807, 2.05) is 19.2 Å². The summed E-state index contributed by atoms with van der Waals surface area (Å²) in [5.41, 5.74) is 0. The lowest BCUT2D eigenvalue weighted by Crippen LogP contribution is -2.49. The summed E-state index contributed by atoms with van der Waals surface area (Å²) in [5, 5.41) is 8.90. The van der Waals surface area contributed by atoms with Gasteiger partial charge in [-0.2, -0.15) is 18.3 Å². The number of hydrogen-bond acceptors (Lipinski definition) is 3. The van der Waals surface area contributed by atoms with Crippen molar-refractivity contribution in [2.45, 2.75) is 45.1 Å². The van der Waals surface area contributed by atoms with Crippen molar-refractivity contribution in [3.8, 4) is 0 Å². The zero-order chi connectivity index (χ0) is 15.3. The summed E-state index contributed by atoms with van der Waals surface area (Å²) in [6, 6.07) is 0.914. The number of halogens is 3. The first kappa shape index (κ1) is 16.5. The fourth-order valence-corrected chi connectivity index (χ4v) is 1.70. The first-order chi connectivity index (χ1) is 9.20. The number of nitrogens with one attached hydrogen (secondary N) is 2. The molecule has 1 amide bonds. The summed E-state index contributed by atoms with van der Waals surface area (Å²) in [6.45, 7) is 3.96. The Morgan fingerprint density at radius 2 is 2.00 bits per heavy atom. The highest BCUT2D eigenvalue weighted by molar-refractivity contribution is 5.81. The third kappa shape index (κ3) is 5.20. The number of carbonyl (C=O) groups is 1. The Bertz CT molecular complexity index is 419. The van der Waals surface area contributed by atoms with Crippen LogP contribution in [0.3, 0.4) is 0 Å². The molecule has 1 heterocycles. The fourth-order valence-electron chi connectivity index (χ4n) is 1.70. The van der Waals surface area contributed by atoms with Gasteiger partial charge < -0.3 is 10.6 Å². The molecule has 0 aromatic carbocycles. The number of carbonyl (C=O) groups excluding carboxylic acids is 1. The van der Waals surface area contributed by atoms with Crippen LogP contribution in [0.1, 0.15) is 26.8 Å². The Hall–Kier alpha value is -1.57. The molecule has 0 saturated carbocycles. The molecule has 0 fully saturated rings. The van der Waals surface area contributed by atoms with Crippen LogP contribution >= 0.6 is 0 Å². The van der Waals surface area contributed by atoms with Gasteiger partial charge in [0, 0.05) is 18.4 Å². The second kappa shape index (κ2) is 6.74. The molecule has 0 saturated heterocycles. The van der Waals surface area contributed by atoms with Crippen molar-refractivity contribution in [2.24, 2.45) is 0 Å². The summed E-state index contributed by atoms with van der Waals surface area (Å²) in [7, 11) is 0. The first-order valence-corrected chi connectivity index (χ1v) is 6.30. The van der Waals surface area contributed by atoms with Crippen molar-refractivity contribution in [2.75, 3.05) is 6.54 Å². The Morgan fingerprint density at radius 1 is 1.35 bits per heavy atom. The zero-order valence-corrected chi connectivity index (χ0v) is 11.6. The van der Waals surface area contributed by atoms with Crippen LogP contribution in [-0.2, 0) is 4.79 Å². The Kier molecular flexibility index (Phi) is 5.55. The highest BCUT2D eigenvalue weighted by Crippen LogP contribution is 2.12. The van der Waals surface area contributed by atoms with Gasteiger partial charge in [-0.05, 0) is 26.8 Å². The molecule has 0 bridgehead atoms. The second-order valence-electron chi connectivity index (χ2n) is 4.74. The van der Waals surface area contributed by atoms with Crippen molar-refractivity contribution in [3.63, 3.8) is 0 Å². The molecule has 0 radical (unpaired) electrons. The van der Waals surface area contributed by atoms with E-state index in [0.29, 0.717) is 0 Å². The van der Waals surface area contributed by atoms with E-state index in [0.717, 1.165) is 0 Å². The quantitative estimate of drug-likeness (QED) is 0.835. The van der Waals surface area contributed by atoms with Crippen molar-refractivity contribution < 1.29 is 18.0 Å². The molecule has 0 spiro atoms. The smallest absolute Gasteiger partial charge is 0.346 e. The Labute approximate surface area is 115 Å². The van der Waals surface area contributed by atoms with Crippen LogP contribution in [0.5, 0.6) is 0 Å². The molecule has 114 valence electrons. The lowest BCUT2D eigenvalue weighted by molar-refractivity contribution is -0.139. The minimum absolute atomic E-state index is 0.0251. The highest BCUT2D eigenvalue weighted by Gasteiger charge is 2.29. The summed E-state index contributed by atoms with van der Waals surface area (Å²) >= 11 is 0. The molecule has 2 N–H and O–H groups in total. The van der Waals surface area contributed by atoms with E-state index in [4.69, 9.17) is 0 Å². The van der Waals surface area contributed by atoms with Gasteiger partial charge in [-0.1, -0.05) is 0 Å². The van der Waals surface area contributed by atoms with Gasteiger partial charge >= 0.3 is 6.18 Å². The summed E-state index contributed by atoms with van der Waals surface area (Å²) in [5.74, 6) is -0.679. The van der Waals surface area contributed by atoms with E-state index in [1.165, 1.54) is 6.92 Å². The molecular weight excluding hydrogens is 273 g/mol. The number of alkyl halides is 3. The van der Waals surface area contributed by atoms with Crippen LogP contribution in [-0.4, -0.2) is 40.5 Å². The average Bonchev–Trinajstić information content (AvgIpc) is 2.87. The number of amides is 1. The molecule has 0 aliphatic heterocycles. The van der Waals surface area contributed by atoms with E-state index >= 15 is 0 Å². The first-order valence-electron chi connectivity index (χ1n) is 6.30. The van der Waals surface area contributed by atoms with Gasteiger partial charge in [0.15, 0.2) is 0 Å². The SMILES string of the molecule is CC(NC(C)C(C)n1cccn1)C(=O)NCC(F)(F)F. The Morgan fingerprint density at radius 3 is 2.50 bits per heavy atom. The lowest BCUT2D eigenvalue weighted by Gasteiger charge is -2.25. The second-order valence-corrected chi connectivity index (χ2v) is 4.74. The molecule has 20 heavy (non-hydrogen) atoms. The maximum Gasteiger partial charge on any atom is 0.405 e. The number of aromatic nitrogens is 2. The van der Waals surface area contributed by atoms with Crippen molar-refractivity contribution in [3.05, 3.63) is 18.5 Å². The molecule has 0 aliphatic carbocycles. The van der Waals surface area contributed by atoms with Crippen LogP contribution in [0, 0.1) is 0 Å². The minimum atomic E-state index is -4.40. The van der Waals surface area contributed by atoms with Gasteiger partial charge in [0.1, 0.15) is 6.54 Å². The van der Waals surface area contributed by atoms with E-state index in [-0.39, 0.29) is 12.1 Å². The summed E-state index contributed by atoms with van der Waals surface area (Å²) < 4.78 is 37.7. The number of rotatable bonds is 6. The summed E-state index contributed by atoms with van der Waals surface area (Å²) in [6.07, 6.45) is -0.969. The minimum Gasteiger partial charge on any atom is -0.346 e. The fraction of sp³-hybridized carbons (Fsp3) is 0.667. The van der Waals surface area contributed by atoms with E-state index in [1.54, 1.807) is 23.1 Å². The number of hydrogen-bond donors (Lipinski definition) is 2. The summed E-state index contributed by atoms with van der Waals surface area (Å²) in [4.78, 5) is 11.5. The van der Waals surface area contributed by atoms with Gasteiger partial charge in [0.2, 0.25) is 5.91 Å². The zero-order valence-electron chi connectivity index (χ0n) is 11.6. The normalized spacial score (nSPS) is 16.5. The van der Waals surface area contributed by atoms with Crippen LogP contribution in [0.2, 0.25) is 0 Å². The predicted molar refractivity (Wildman–Crippen MR) is 68.1 cm³/mol. The maximum atomic E-state index is 12.0. The van der Waals surface area contributed by atoms with Gasteiger partial charge in [-0.25, -0.2) is 0 Å². The van der Waals surface area contributed by atoms with Crippen molar-refractivity contribution in [1.82, 2.24) is 20.4 Å². The molecule has 1 aromatic rings. The molecule has 1 rings (SSSR count). The van der Waals surface area contributed by atoms with Gasteiger partial charge in [-0.3, -0.25) is 9.48 Å². The van der Waals surface area contributed by atoms with E-state index in [2.05, 4.69) is 10.4 Å². The van der Waals surface area contributed by atoms with Crippen LogP contribution in [0.25, 0.3) is 0 Å². The largest absolute Gasteiger partial charge is 0.405 e. The molecule has 8 heteroatoms. The molecule has 0 aliphatic rings. The molecular formula is C12H19F3N4O. The van der Waals surface area contributed by atoms with Crippen LogP contribution in [0.15, 0.2) is 18.5 Å². The average molecular weight is 292 g/mol. The van der Waals surface area contributed by atoms with Crippen molar-refractivity contribution >= 4 is 5.91 Å². The third-order valence-electron chi connectivity index (χ3n) is 3.03. The van der Waals surface area contributed by atoms with E-state index < -0.39 is 24.7 Å². The number of nitrogens with zero attached hydrogens (tertiary/aromatic N) is 2. The standard InChI is InChI=1S/C12H19F3N4O/c1-8(10(3)19-6-4-5-17-19)18-9(2)11(20)16-7-12(13,14)15/h4-6,8-10,18H,7H2,1-3H3,(H,16,20). The predicted octanol–water partition coefficient (Wildman–Crippen LogP) is 1.49.